The Balaban J connectivity index is 1.38. The molecule has 30 heavy (non-hydrogen) atoms. The fraction of sp³-hybridized carbons (Fsp3) is 0.400. The Morgan fingerprint density at radius 2 is 2.13 bits per heavy atom. The summed E-state index contributed by atoms with van der Waals surface area (Å²) in [4.78, 5) is 12.7. The van der Waals surface area contributed by atoms with Gasteiger partial charge in [-0.25, -0.2) is 18.8 Å². The van der Waals surface area contributed by atoms with Gasteiger partial charge in [0, 0.05) is 5.69 Å². The number of carbonyl (C=O) groups excluding carboxylic acids is 1. The summed E-state index contributed by atoms with van der Waals surface area (Å²) < 4.78 is 29.4. The van der Waals surface area contributed by atoms with Crippen molar-refractivity contribution in [3.63, 3.8) is 0 Å². The molecule has 3 N–H and O–H groups in total. The van der Waals surface area contributed by atoms with E-state index in [9.17, 15) is 9.00 Å². The topological polar surface area (TPSA) is 121 Å². The van der Waals surface area contributed by atoms with Gasteiger partial charge in [-0.3, -0.25) is 0 Å². The van der Waals surface area contributed by atoms with Gasteiger partial charge < -0.3 is 14.8 Å². The predicted molar refractivity (Wildman–Crippen MR) is 110 cm³/mol. The number of aromatic nitrogens is 2. The molecule has 1 aromatic carbocycles. The average molecular weight is 427 g/mol. The number of carbonyl (C=O) groups is 1. The molecular weight excluding hydrogens is 406 g/mol. The second-order valence-electron chi connectivity index (χ2n) is 7.56. The van der Waals surface area contributed by atoms with E-state index >= 15 is 0 Å². The summed E-state index contributed by atoms with van der Waals surface area (Å²) in [6.45, 7) is 0.749. The van der Waals surface area contributed by atoms with Gasteiger partial charge in [-0.05, 0) is 47.9 Å². The highest BCUT2D eigenvalue weighted by Crippen LogP contribution is 2.40. The number of hydrogen-bond donors (Lipinski definition) is 2. The number of amides is 2. The molecule has 9 nitrogen and oxygen atoms in total. The van der Waals surface area contributed by atoms with Gasteiger partial charge >= 0.3 is 6.03 Å². The quantitative estimate of drug-likeness (QED) is 0.715. The molecule has 2 amide bonds. The molecule has 0 saturated heterocycles. The first-order valence-corrected chi connectivity index (χ1v) is 11.3. The first kappa shape index (κ1) is 19.1. The molecule has 2 aromatic rings. The molecule has 3 aliphatic rings. The first-order valence-electron chi connectivity index (χ1n) is 9.72. The van der Waals surface area contributed by atoms with Crippen molar-refractivity contribution >= 4 is 21.6 Å². The van der Waals surface area contributed by atoms with Crippen LogP contribution in [0.4, 0.5) is 10.5 Å². The van der Waals surface area contributed by atoms with Gasteiger partial charge in [0.25, 0.3) is 0 Å². The number of aryl methyl sites for hydroxylation is 2. The van der Waals surface area contributed by atoms with Crippen molar-refractivity contribution in [2.24, 2.45) is 9.50 Å². The average Bonchev–Trinajstić information content (AvgIpc) is 3.07. The van der Waals surface area contributed by atoms with E-state index in [-0.39, 0.29) is 30.1 Å². The minimum Gasteiger partial charge on any atom is -0.474 e. The Hall–Kier alpha value is -2.87. The lowest BCUT2D eigenvalue weighted by atomic mass is 9.76. The zero-order valence-electron chi connectivity index (χ0n) is 16.2. The van der Waals surface area contributed by atoms with Gasteiger partial charge in [0.05, 0.1) is 12.7 Å². The van der Waals surface area contributed by atoms with Crippen molar-refractivity contribution in [1.29, 1.82) is 0 Å². The van der Waals surface area contributed by atoms with E-state index in [0.717, 1.165) is 42.5 Å². The van der Waals surface area contributed by atoms with Gasteiger partial charge in [-0.1, -0.05) is 12.0 Å². The maximum Gasteiger partial charge on any atom is 0.354 e. The normalized spacial score (nSPS) is 20.1. The Morgan fingerprint density at radius 3 is 2.77 bits per heavy atom. The summed E-state index contributed by atoms with van der Waals surface area (Å²) in [6.07, 6.45) is 10.1. The molecule has 0 saturated carbocycles. The molecule has 156 valence electrons. The van der Waals surface area contributed by atoms with Crippen LogP contribution in [0.3, 0.4) is 0 Å². The van der Waals surface area contributed by atoms with E-state index in [1.54, 1.807) is 0 Å². The Labute approximate surface area is 174 Å². The number of benzene rings is 1. The number of nitrogens with one attached hydrogen (secondary N) is 1. The summed E-state index contributed by atoms with van der Waals surface area (Å²) in [6, 6.07) is 1.48. The number of rotatable bonds is 4. The van der Waals surface area contributed by atoms with Gasteiger partial charge in [0.15, 0.2) is 9.92 Å². The van der Waals surface area contributed by atoms with Crippen LogP contribution in [0.2, 0.25) is 0 Å². The largest absolute Gasteiger partial charge is 0.474 e. The van der Waals surface area contributed by atoms with E-state index in [1.165, 1.54) is 22.0 Å². The van der Waals surface area contributed by atoms with E-state index in [4.69, 9.17) is 21.0 Å². The van der Waals surface area contributed by atoms with Crippen LogP contribution in [0, 0.1) is 12.3 Å². The number of nitrogens with zero attached hydrogens (tertiary/aromatic N) is 3. The highest BCUT2D eigenvalue weighted by Gasteiger charge is 2.30. The number of nitrogens with two attached hydrogens (primary N) is 1. The number of terminal acetylenes is 1. The molecule has 5 rings (SSSR count). The molecule has 0 spiro atoms. The van der Waals surface area contributed by atoms with Crippen LogP contribution in [-0.4, -0.2) is 39.3 Å². The third-order valence-electron chi connectivity index (χ3n) is 5.73. The molecule has 10 heteroatoms. The number of fused-ring (bicyclic) bond motifs is 3. The molecule has 2 atom stereocenters. The lowest BCUT2D eigenvalue weighted by Gasteiger charge is -2.31. The number of ether oxygens (including phenoxy) is 2. The molecule has 0 fully saturated rings. The lowest BCUT2D eigenvalue weighted by molar-refractivity contribution is 0.00163. The fourth-order valence-electron chi connectivity index (χ4n) is 4.04. The number of anilines is 1. The highest BCUT2D eigenvalue weighted by atomic mass is 32.2. The van der Waals surface area contributed by atoms with Gasteiger partial charge in [-0.2, -0.15) is 5.10 Å². The summed E-state index contributed by atoms with van der Waals surface area (Å²) >= 11 is 0. The van der Waals surface area contributed by atoms with E-state index in [2.05, 4.69) is 26.8 Å². The lowest BCUT2D eigenvalue weighted by Crippen LogP contribution is -2.33. The first-order chi connectivity index (χ1) is 14.5. The van der Waals surface area contributed by atoms with Gasteiger partial charge in [-0.15, -0.1) is 10.8 Å². The molecule has 2 unspecified atom stereocenters. The highest BCUT2D eigenvalue weighted by molar-refractivity contribution is 7.91. The molecule has 0 bridgehead atoms. The minimum absolute atomic E-state index is 0.0853. The van der Waals surface area contributed by atoms with Crippen molar-refractivity contribution in [3.05, 3.63) is 34.5 Å². The summed E-state index contributed by atoms with van der Waals surface area (Å²) in [5, 5.41) is 12.9. The summed E-state index contributed by atoms with van der Waals surface area (Å²) in [5.41, 5.74) is 5.62. The Morgan fingerprint density at radius 1 is 1.40 bits per heavy atom. The van der Waals surface area contributed by atoms with Crippen LogP contribution in [-0.2, 0) is 46.9 Å². The fourth-order valence-corrected chi connectivity index (χ4v) is 5.04. The SMILES string of the molecule is C#CCOC1COc2c(S(N)(=O)=NC(=O)Nc3c4c(cc5c3CC5)CC4)cnn2C1. The summed E-state index contributed by atoms with van der Waals surface area (Å²) in [7, 11) is -3.54. The van der Waals surface area contributed by atoms with Crippen LogP contribution < -0.4 is 15.2 Å². The van der Waals surface area contributed by atoms with Gasteiger partial charge in [0.1, 0.15) is 24.2 Å². The number of hydrogen-bond acceptors (Lipinski definition) is 5. The summed E-state index contributed by atoms with van der Waals surface area (Å²) in [5.74, 6) is 2.63. The molecule has 2 aliphatic carbocycles. The second-order valence-corrected chi connectivity index (χ2v) is 9.32. The predicted octanol–water partition coefficient (Wildman–Crippen LogP) is 1.42. The van der Waals surface area contributed by atoms with Crippen molar-refractivity contribution in [2.75, 3.05) is 18.5 Å². The van der Waals surface area contributed by atoms with Crippen molar-refractivity contribution in [1.82, 2.24) is 9.78 Å². The van der Waals surface area contributed by atoms with Crippen molar-refractivity contribution in [3.8, 4) is 18.2 Å². The minimum atomic E-state index is -3.54. The standard InChI is InChI=1S/C20H21N5O4S/c1-2-7-28-14-10-25-19(29-11-14)17(9-22-25)30(21,27)24-20(26)23-18-15-5-3-12(15)8-13-4-6-16(13)18/h1,8-9,14H,3-7,10-11H2,(H3,21,23,24,26,27). The Kier molecular flexibility index (Phi) is 4.54. The van der Waals surface area contributed by atoms with Crippen LogP contribution in [0.5, 0.6) is 5.88 Å². The maximum absolute atomic E-state index is 13.1. The Bertz CT molecular complexity index is 1190. The molecule has 0 radical (unpaired) electrons. The zero-order chi connectivity index (χ0) is 20.9. The third-order valence-corrected chi connectivity index (χ3v) is 7.07. The van der Waals surface area contributed by atoms with E-state index in [1.807, 2.05) is 0 Å². The smallest absolute Gasteiger partial charge is 0.354 e. The van der Waals surface area contributed by atoms with Crippen LogP contribution in [0.15, 0.2) is 21.5 Å². The second kappa shape index (κ2) is 7.12. The zero-order valence-corrected chi connectivity index (χ0v) is 17.0. The van der Waals surface area contributed by atoms with E-state index < -0.39 is 15.9 Å². The van der Waals surface area contributed by atoms with Gasteiger partial charge in [0.2, 0.25) is 5.88 Å². The van der Waals surface area contributed by atoms with E-state index in [0.29, 0.717) is 6.54 Å². The molecule has 1 aromatic heterocycles. The molecule has 1 aliphatic heterocycles. The maximum atomic E-state index is 13.1. The third kappa shape index (κ3) is 3.15. The van der Waals surface area contributed by atoms with Crippen LogP contribution >= 0.6 is 0 Å². The molecular formula is C20H21N5O4S. The molecule has 2 heterocycles. The van der Waals surface area contributed by atoms with Crippen molar-refractivity contribution in [2.45, 2.75) is 43.2 Å². The number of urea groups is 1. The monoisotopic (exact) mass is 427 g/mol. The van der Waals surface area contributed by atoms with Crippen molar-refractivity contribution < 1.29 is 18.5 Å². The van der Waals surface area contributed by atoms with Crippen LogP contribution in [0.25, 0.3) is 0 Å². The van der Waals surface area contributed by atoms with Crippen LogP contribution in [0.1, 0.15) is 22.3 Å².